The minimum atomic E-state index is -4.08. The number of carbonyl (C=O) groups excluding carboxylic acids is 1. The molecule has 0 spiro atoms. The number of benzene rings is 2. The lowest BCUT2D eigenvalue weighted by atomic mass is 10.2. The van der Waals surface area contributed by atoms with Gasteiger partial charge in [0.15, 0.2) is 0 Å². The summed E-state index contributed by atoms with van der Waals surface area (Å²) in [5, 5.41) is 0. The third-order valence-corrected chi connectivity index (χ3v) is 6.21. The molecule has 1 saturated heterocycles. The van der Waals surface area contributed by atoms with E-state index < -0.39 is 26.6 Å². The Morgan fingerprint density at radius 3 is 2.26 bits per heavy atom. The van der Waals surface area contributed by atoms with Crippen LogP contribution in [-0.2, 0) is 14.8 Å². The number of piperazine rings is 1. The molecule has 3 rings (SSSR count). The molecule has 0 atom stereocenters. The smallest absolute Gasteiger partial charge is 0.246 e. The number of hydrogen-bond acceptors (Lipinski definition) is 3. The Balaban J connectivity index is 1.64. The Hall–Kier alpha value is -2.58. The van der Waals surface area contributed by atoms with Gasteiger partial charge in [-0.25, -0.2) is 17.2 Å². The summed E-state index contributed by atoms with van der Waals surface area (Å²) in [5.74, 6) is -2.18. The predicted octanol–water partition coefficient (Wildman–Crippen LogP) is 2.51. The van der Waals surface area contributed by atoms with E-state index in [1.165, 1.54) is 11.0 Å². The molecule has 0 radical (unpaired) electrons. The summed E-state index contributed by atoms with van der Waals surface area (Å²) in [6.45, 7) is 0.480. The second-order valence-corrected chi connectivity index (χ2v) is 7.95. The van der Waals surface area contributed by atoms with E-state index in [1.807, 2.05) is 30.3 Å². The highest BCUT2D eigenvalue weighted by Crippen LogP contribution is 2.21. The zero-order chi connectivity index (χ0) is 19.4. The van der Waals surface area contributed by atoms with Gasteiger partial charge in [-0.3, -0.25) is 4.79 Å². The van der Waals surface area contributed by atoms with Gasteiger partial charge in [-0.2, -0.15) is 4.31 Å². The van der Waals surface area contributed by atoms with Gasteiger partial charge in [0.1, 0.15) is 16.5 Å². The molecule has 27 heavy (non-hydrogen) atoms. The first kappa shape index (κ1) is 19.2. The van der Waals surface area contributed by atoms with Crippen LogP contribution in [0.3, 0.4) is 0 Å². The fourth-order valence-electron chi connectivity index (χ4n) is 2.81. The number of sulfonamides is 1. The van der Waals surface area contributed by atoms with Crippen LogP contribution in [0, 0.1) is 11.6 Å². The quantitative estimate of drug-likeness (QED) is 0.752. The maximum absolute atomic E-state index is 13.8. The number of rotatable bonds is 4. The lowest BCUT2D eigenvalue weighted by molar-refractivity contribution is -0.127. The summed E-state index contributed by atoms with van der Waals surface area (Å²) < 4.78 is 53.1. The molecule has 142 valence electrons. The van der Waals surface area contributed by atoms with E-state index in [4.69, 9.17) is 0 Å². The van der Waals surface area contributed by atoms with Crippen LogP contribution in [0.15, 0.2) is 59.5 Å². The normalized spacial score (nSPS) is 16.0. The summed E-state index contributed by atoms with van der Waals surface area (Å²) >= 11 is 0. The molecule has 1 heterocycles. The largest absolute Gasteiger partial charge is 0.337 e. The number of carbonyl (C=O) groups is 1. The average Bonchev–Trinajstić information content (AvgIpc) is 2.66. The molecule has 1 fully saturated rings. The van der Waals surface area contributed by atoms with Crippen molar-refractivity contribution in [2.75, 3.05) is 26.2 Å². The Morgan fingerprint density at radius 1 is 0.963 bits per heavy atom. The van der Waals surface area contributed by atoms with Gasteiger partial charge in [0, 0.05) is 38.3 Å². The van der Waals surface area contributed by atoms with E-state index in [1.54, 1.807) is 6.08 Å². The lowest BCUT2D eigenvalue weighted by Gasteiger charge is -2.33. The fraction of sp³-hybridized carbons (Fsp3) is 0.211. The summed E-state index contributed by atoms with van der Waals surface area (Å²) in [7, 11) is -4.08. The molecule has 0 aromatic heterocycles. The third kappa shape index (κ3) is 4.40. The first-order valence-corrected chi connectivity index (χ1v) is 9.79. The molecule has 0 N–H and O–H groups in total. The van der Waals surface area contributed by atoms with Crippen LogP contribution in [0.25, 0.3) is 6.08 Å². The maximum Gasteiger partial charge on any atom is 0.246 e. The monoisotopic (exact) mass is 392 g/mol. The first-order valence-electron chi connectivity index (χ1n) is 8.35. The van der Waals surface area contributed by atoms with Crippen molar-refractivity contribution >= 4 is 22.0 Å². The van der Waals surface area contributed by atoms with Crippen LogP contribution in [0.2, 0.25) is 0 Å². The fourth-order valence-corrected chi connectivity index (χ4v) is 4.28. The van der Waals surface area contributed by atoms with Crippen molar-refractivity contribution in [1.29, 1.82) is 0 Å². The number of hydrogen-bond donors (Lipinski definition) is 0. The van der Waals surface area contributed by atoms with Gasteiger partial charge >= 0.3 is 0 Å². The molecule has 0 unspecified atom stereocenters. The van der Waals surface area contributed by atoms with Crippen molar-refractivity contribution in [1.82, 2.24) is 9.21 Å². The summed E-state index contributed by atoms with van der Waals surface area (Å²) in [5.41, 5.74) is 0.888. The van der Waals surface area contributed by atoms with Crippen LogP contribution in [0.4, 0.5) is 8.78 Å². The molecule has 2 aromatic carbocycles. The van der Waals surface area contributed by atoms with E-state index in [0.717, 1.165) is 22.0 Å². The molecular formula is C19H18F2N2O3S. The maximum atomic E-state index is 13.8. The average molecular weight is 392 g/mol. The highest BCUT2D eigenvalue weighted by Gasteiger charge is 2.31. The van der Waals surface area contributed by atoms with E-state index in [-0.39, 0.29) is 32.1 Å². The van der Waals surface area contributed by atoms with E-state index in [0.29, 0.717) is 6.07 Å². The van der Waals surface area contributed by atoms with Crippen molar-refractivity contribution in [3.8, 4) is 0 Å². The van der Waals surface area contributed by atoms with Crippen molar-refractivity contribution < 1.29 is 22.0 Å². The third-order valence-electron chi connectivity index (χ3n) is 4.28. The number of amides is 1. The molecule has 0 aliphatic carbocycles. The lowest BCUT2D eigenvalue weighted by Crippen LogP contribution is -2.50. The van der Waals surface area contributed by atoms with Gasteiger partial charge < -0.3 is 4.90 Å². The molecule has 1 aliphatic heterocycles. The van der Waals surface area contributed by atoms with Crippen molar-refractivity contribution in [3.05, 3.63) is 71.8 Å². The van der Waals surface area contributed by atoms with Crippen LogP contribution < -0.4 is 0 Å². The Morgan fingerprint density at radius 2 is 1.63 bits per heavy atom. The Kier molecular flexibility index (Phi) is 5.67. The van der Waals surface area contributed by atoms with E-state index in [9.17, 15) is 22.0 Å². The molecule has 0 saturated carbocycles. The molecular weight excluding hydrogens is 374 g/mol. The van der Waals surface area contributed by atoms with E-state index in [2.05, 4.69) is 0 Å². The van der Waals surface area contributed by atoms with Gasteiger partial charge in [-0.15, -0.1) is 0 Å². The summed E-state index contributed by atoms with van der Waals surface area (Å²) in [6, 6.07) is 11.7. The van der Waals surface area contributed by atoms with Crippen LogP contribution in [-0.4, -0.2) is 49.7 Å². The van der Waals surface area contributed by atoms with Gasteiger partial charge in [0.05, 0.1) is 0 Å². The molecule has 1 aliphatic rings. The Labute approximate surface area is 156 Å². The molecule has 8 heteroatoms. The van der Waals surface area contributed by atoms with Gasteiger partial charge in [0.25, 0.3) is 0 Å². The minimum absolute atomic E-state index is 0.0457. The second kappa shape index (κ2) is 7.98. The number of halogens is 2. The standard InChI is InChI=1S/C19H18F2N2O3S/c20-16-7-8-18(17(21)14-16)27(25,26)23-12-10-22(11-13-23)19(24)9-6-15-4-2-1-3-5-15/h1-9,14H,10-13H2/b9-6+. The summed E-state index contributed by atoms with van der Waals surface area (Å²) in [6.07, 6.45) is 3.14. The molecule has 5 nitrogen and oxygen atoms in total. The van der Waals surface area contributed by atoms with Crippen molar-refractivity contribution in [2.45, 2.75) is 4.90 Å². The topological polar surface area (TPSA) is 57.7 Å². The highest BCUT2D eigenvalue weighted by molar-refractivity contribution is 7.89. The zero-order valence-electron chi connectivity index (χ0n) is 14.4. The minimum Gasteiger partial charge on any atom is -0.337 e. The van der Waals surface area contributed by atoms with Crippen LogP contribution in [0.5, 0.6) is 0 Å². The van der Waals surface area contributed by atoms with Crippen molar-refractivity contribution in [3.63, 3.8) is 0 Å². The number of nitrogens with zero attached hydrogens (tertiary/aromatic N) is 2. The molecule has 1 amide bonds. The van der Waals surface area contributed by atoms with Crippen LogP contribution >= 0.6 is 0 Å². The Bertz CT molecular complexity index is 954. The van der Waals surface area contributed by atoms with Gasteiger partial charge in [-0.05, 0) is 23.8 Å². The van der Waals surface area contributed by atoms with Gasteiger partial charge in [-0.1, -0.05) is 30.3 Å². The molecule has 0 bridgehead atoms. The SMILES string of the molecule is O=C(/C=C/c1ccccc1)N1CCN(S(=O)(=O)c2ccc(F)cc2F)CC1. The van der Waals surface area contributed by atoms with E-state index >= 15 is 0 Å². The highest BCUT2D eigenvalue weighted by atomic mass is 32.2. The predicted molar refractivity (Wildman–Crippen MR) is 97.2 cm³/mol. The molecule has 2 aromatic rings. The zero-order valence-corrected chi connectivity index (χ0v) is 15.2. The van der Waals surface area contributed by atoms with Crippen molar-refractivity contribution in [2.24, 2.45) is 0 Å². The first-order chi connectivity index (χ1) is 12.9. The van der Waals surface area contributed by atoms with Crippen LogP contribution in [0.1, 0.15) is 5.56 Å². The summed E-state index contributed by atoms with van der Waals surface area (Å²) in [4.78, 5) is 13.2. The second-order valence-electron chi connectivity index (χ2n) is 6.05. The van der Waals surface area contributed by atoms with Gasteiger partial charge in [0.2, 0.25) is 15.9 Å².